The van der Waals surface area contributed by atoms with Gasteiger partial charge in [-0.25, -0.2) is 8.42 Å². The molecular formula is C12H19NO3S2. The molecule has 0 saturated carbocycles. The number of hydrogen-bond donors (Lipinski definition) is 1. The van der Waals surface area contributed by atoms with Crippen LogP contribution in [0.5, 0.6) is 0 Å². The maximum Gasteiger partial charge on any atom is 0.252 e. The second kappa shape index (κ2) is 5.28. The average Bonchev–Trinajstić information content (AvgIpc) is 2.70. The molecule has 1 aliphatic heterocycles. The maximum absolute atomic E-state index is 12.5. The van der Waals surface area contributed by atoms with Gasteiger partial charge in [0.25, 0.3) is 10.0 Å². The molecule has 6 heteroatoms. The fourth-order valence-corrected chi connectivity index (χ4v) is 5.41. The van der Waals surface area contributed by atoms with Crippen molar-refractivity contribution in [3.63, 3.8) is 0 Å². The molecule has 0 radical (unpaired) electrons. The van der Waals surface area contributed by atoms with Crippen LogP contribution in [0.15, 0.2) is 10.3 Å². The van der Waals surface area contributed by atoms with Crippen molar-refractivity contribution in [1.29, 1.82) is 0 Å². The van der Waals surface area contributed by atoms with E-state index >= 15 is 0 Å². The molecular weight excluding hydrogens is 270 g/mol. The second-order valence-corrected chi connectivity index (χ2v) is 8.28. The van der Waals surface area contributed by atoms with Gasteiger partial charge >= 0.3 is 0 Å². The Morgan fingerprint density at radius 1 is 1.50 bits per heavy atom. The van der Waals surface area contributed by atoms with E-state index < -0.39 is 10.0 Å². The van der Waals surface area contributed by atoms with Gasteiger partial charge in [-0.15, -0.1) is 11.3 Å². The van der Waals surface area contributed by atoms with E-state index in [2.05, 4.69) is 0 Å². The molecule has 102 valence electrons. The number of aliphatic hydroxyl groups is 1. The minimum absolute atomic E-state index is 0.0640. The standard InChI is InChI=1S/C12H19NO3S2/c1-9-6-12(17-10(9)2)18(15,16)13-5-3-4-11(7-13)8-14/h6,11,14H,3-5,7-8H2,1-2H3. The summed E-state index contributed by atoms with van der Waals surface area (Å²) in [5.41, 5.74) is 1.02. The van der Waals surface area contributed by atoms with Crippen LogP contribution in [-0.2, 0) is 10.0 Å². The summed E-state index contributed by atoms with van der Waals surface area (Å²) in [4.78, 5) is 1.05. The van der Waals surface area contributed by atoms with Gasteiger partial charge in [-0.3, -0.25) is 0 Å². The molecule has 1 aliphatic rings. The molecule has 1 unspecified atom stereocenters. The largest absolute Gasteiger partial charge is 0.396 e. The number of thiophene rings is 1. The van der Waals surface area contributed by atoms with Gasteiger partial charge in [0.1, 0.15) is 4.21 Å². The Hall–Kier alpha value is -0.430. The first kappa shape index (κ1) is 14.0. The predicted molar refractivity (Wildman–Crippen MR) is 72.4 cm³/mol. The molecule has 0 spiro atoms. The molecule has 0 amide bonds. The Balaban J connectivity index is 2.25. The third kappa shape index (κ3) is 2.61. The summed E-state index contributed by atoms with van der Waals surface area (Å²) in [5.74, 6) is 0.0793. The molecule has 1 atom stereocenters. The van der Waals surface area contributed by atoms with Gasteiger partial charge < -0.3 is 5.11 Å². The van der Waals surface area contributed by atoms with Crippen LogP contribution >= 0.6 is 11.3 Å². The first-order valence-electron chi connectivity index (χ1n) is 6.13. The molecule has 1 N–H and O–H groups in total. The van der Waals surface area contributed by atoms with Crippen molar-refractivity contribution in [2.45, 2.75) is 30.9 Å². The zero-order valence-electron chi connectivity index (χ0n) is 10.7. The fraction of sp³-hybridized carbons (Fsp3) is 0.667. The van der Waals surface area contributed by atoms with Crippen molar-refractivity contribution >= 4 is 21.4 Å². The molecule has 18 heavy (non-hydrogen) atoms. The minimum Gasteiger partial charge on any atom is -0.396 e. The van der Waals surface area contributed by atoms with E-state index in [-0.39, 0.29) is 12.5 Å². The summed E-state index contributed by atoms with van der Waals surface area (Å²) in [6, 6.07) is 1.75. The summed E-state index contributed by atoms with van der Waals surface area (Å²) >= 11 is 1.33. The number of piperidine rings is 1. The Morgan fingerprint density at radius 3 is 2.78 bits per heavy atom. The third-order valence-corrected chi connectivity index (χ3v) is 6.94. The zero-order chi connectivity index (χ0) is 13.3. The van der Waals surface area contributed by atoms with E-state index in [1.54, 1.807) is 6.07 Å². The van der Waals surface area contributed by atoms with Gasteiger partial charge in [0.05, 0.1) is 0 Å². The van der Waals surface area contributed by atoms with Crippen LogP contribution < -0.4 is 0 Å². The summed E-state index contributed by atoms with van der Waals surface area (Å²) in [6.45, 7) is 4.93. The van der Waals surface area contributed by atoms with Crippen molar-refractivity contribution in [3.8, 4) is 0 Å². The molecule has 4 nitrogen and oxygen atoms in total. The van der Waals surface area contributed by atoms with Crippen molar-refractivity contribution in [2.75, 3.05) is 19.7 Å². The summed E-state index contributed by atoms with van der Waals surface area (Å²) in [5, 5.41) is 9.17. The topological polar surface area (TPSA) is 57.6 Å². The first-order chi connectivity index (χ1) is 8.45. The Morgan fingerprint density at radius 2 is 2.22 bits per heavy atom. The van der Waals surface area contributed by atoms with Crippen molar-refractivity contribution < 1.29 is 13.5 Å². The number of aliphatic hydroxyl groups excluding tert-OH is 1. The number of rotatable bonds is 3. The van der Waals surface area contributed by atoms with E-state index in [1.807, 2.05) is 13.8 Å². The number of hydrogen-bond acceptors (Lipinski definition) is 4. The number of aryl methyl sites for hydroxylation is 2. The van der Waals surface area contributed by atoms with Crippen LogP contribution in [0, 0.1) is 19.8 Å². The van der Waals surface area contributed by atoms with Gasteiger partial charge in [0.15, 0.2) is 0 Å². The first-order valence-corrected chi connectivity index (χ1v) is 8.39. The Bertz CT molecular complexity index is 502. The lowest BCUT2D eigenvalue weighted by atomic mass is 10.0. The molecule has 0 aliphatic carbocycles. The van der Waals surface area contributed by atoms with Crippen LogP contribution in [0.1, 0.15) is 23.3 Å². The van der Waals surface area contributed by atoms with E-state index in [9.17, 15) is 13.5 Å². The molecule has 0 bridgehead atoms. The fourth-order valence-electron chi connectivity index (χ4n) is 2.19. The normalized spacial score (nSPS) is 22.3. The van der Waals surface area contributed by atoms with Gasteiger partial charge in [-0.05, 0) is 44.2 Å². The van der Waals surface area contributed by atoms with Crippen LogP contribution in [0.3, 0.4) is 0 Å². The quantitative estimate of drug-likeness (QED) is 0.922. The van der Waals surface area contributed by atoms with Crippen LogP contribution in [0.4, 0.5) is 0 Å². The second-order valence-electron chi connectivity index (χ2n) is 4.86. The molecule has 1 saturated heterocycles. The Labute approximate surface area is 112 Å². The van der Waals surface area contributed by atoms with Crippen LogP contribution in [-0.4, -0.2) is 37.5 Å². The van der Waals surface area contributed by atoms with Crippen LogP contribution in [0.25, 0.3) is 0 Å². The van der Waals surface area contributed by atoms with Crippen molar-refractivity contribution in [2.24, 2.45) is 5.92 Å². The van der Waals surface area contributed by atoms with Gasteiger partial charge in [-0.1, -0.05) is 0 Å². The molecule has 1 fully saturated rings. The smallest absolute Gasteiger partial charge is 0.252 e. The van der Waals surface area contributed by atoms with E-state index in [0.29, 0.717) is 17.3 Å². The zero-order valence-corrected chi connectivity index (χ0v) is 12.4. The SMILES string of the molecule is Cc1cc(S(=O)(=O)N2CCCC(CO)C2)sc1C. The minimum atomic E-state index is -3.37. The lowest BCUT2D eigenvalue weighted by Gasteiger charge is -2.30. The summed E-state index contributed by atoms with van der Waals surface area (Å²) < 4.78 is 26.9. The van der Waals surface area contributed by atoms with E-state index in [0.717, 1.165) is 23.3 Å². The van der Waals surface area contributed by atoms with E-state index in [1.165, 1.54) is 15.6 Å². The summed E-state index contributed by atoms with van der Waals surface area (Å²) in [6.07, 6.45) is 1.73. The molecule has 1 aromatic rings. The monoisotopic (exact) mass is 289 g/mol. The average molecular weight is 289 g/mol. The van der Waals surface area contributed by atoms with Crippen molar-refractivity contribution in [1.82, 2.24) is 4.31 Å². The van der Waals surface area contributed by atoms with Gasteiger partial charge in [-0.2, -0.15) is 4.31 Å². The maximum atomic E-state index is 12.5. The molecule has 2 heterocycles. The molecule has 2 rings (SSSR count). The van der Waals surface area contributed by atoms with E-state index in [4.69, 9.17) is 0 Å². The lowest BCUT2D eigenvalue weighted by molar-refractivity contribution is 0.165. The highest BCUT2D eigenvalue weighted by molar-refractivity contribution is 7.91. The molecule has 0 aromatic carbocycles. The van der Waals surface area contributed by atoms with Crippen LogP contribution in [0.2, 0.25) is 0 Å². The summed E-state index contributed by atoms with van der Waals surface area (Å²) in [7, 11) is -3.37. The number of sulfonamides is 1. The number of nitrogens with zero attached hydrogens (tertiary/aromatic N) is 1. The highest BCUT2D eigenvalue weighted by Gasteiger charge is 2.31. The molecule has 1 aromatic heterocycles. The van der Waals surface area contributed by atoms with Gasteiger partial charge in [0, 0.05) is 24.6 Å². The predicted octanol–water partition coefficient (Wildman–Crippen LogP) is 1.76. The van der Waals surface area contributed by atoms with Gasteiger partial charge in [0.2, 0.25) is 0 Å². The Kier molecular flexibility index (Phi) is 4.11. The highest BCUT2D eigenvalue weighted by atomic mass is 32.2. The highest BCUT2D eigenvalue weighted by Crippen LogP contribution is 2.30. The third-order valence-electron chi connectivity index (χ3n) is 3.48. The lowest BCUT2D eigenvalue weighted by Crippen LogP contribution is -2.40. The van der Waals surface area contributed by atoms with Crippen molar-refractivity contribution in [3.05, 3.63) is 16.5 Å².